The summed E-state index contributed by atoms with van der Waals surface area (Å²) in [6.45, 7) is 1.92. The van der Waals surface area contributed by atoms with Gasteiger partial charge in [0.1, 0.15) is 11.5 Å². The van der Waals surface area contributed by atoms with Crippen molar-refractivity contribution >= 4 is 15.9 Å². The zero-order valence-electron chi connectivity index (χ0n) is 10.8. The van der Waals surface area contributed by atoms with Crippen molar-refractivity contribution in [2.45, 2.75) is 13.0 Å². The SMILES string of the molecule is COc1ccc(Oc2cc([C@H](C)N)ccn2)c(Br)c1. The van der Waals surface area contributed by atoms with Crippen LogP contribution >= 0.6 is 15.9 Å². The van der Waals surface area contributed by atoms with Crippen LogP contribution < -0.4 is 15.2 Å². The molecule has 0 unspecified atom stereocenters. The molecule has 2 N–H and O–H groups in total. The van der Waals surface area contributed by atoms with Gasteiger partial charge >= 0.3 is 0 Å². The number of aromatic nitrogens is 1. The highest BCUT2D eigenvalue weighted by molar-refractivity contribution is 9.10. The quantitative estimate of drug-likeness (QED) is 0.933. The Morgan fingerprint density at radius 2 is 2.05 bits per heavy atom. The molecule has 0 bridgehead atoms. The van der Waals surface area contributed by atoms with Gasteiger partial charge < -0.3 is 15.2 Å². The van der Waals surface area contributed by atoms with Gasteiger partial charge in [-0.2, -0.15) is 0 Å². The molecule has 1 aromatic heterocycles. The predicted octanol–water partition coefficient (Wildman–Crippen LogP) is 3.66. The number of hydrogen-bond acceptors (Lipinski definition) is 4. The van der Waals surface area contributed by atoms with Crippen LogP contribution in [0.25, 0.3) is 0 Å². The van der Waals surface area contributed by atoms with Crippen molar-refractivity contribution in [1.29, 1.82) is 0 Å². The van der Waals surface area contributed by atoms with Crippen LogP contribution in [0.3, 0.4) is 0 Å². The summed E-state index contributed by atoms with van der Waals surface area (Å²) in [5.74, 6) is 1.95. The van der Waals surface area contributed by atoms with Crippen molar-refractivity contribution in [3.8, 4) is 17.4 Å². The molecule has 4 nitrogen and oxygen atoms in total. The van der Waals surface area contributed by atoms with Crippen LogP contribution in [0, 0.1) is 0 Å². The van der Waals surface area contributed by atoms with Crippen molar-refractivity contribution < 1.29 is 9.47 Å². The van der Waals surface area contributed by atoms with E-state index in [1.807, 2.05) is 37.3 Å². The van der Waals surface area contributed by atoms with Crippen LogP contribution in [0.5, 0.6) is 17.4 Å². The van der Waals surface area contributed by atoms with Crippen molar-refractivity contribution in [1.82, 2.24) is 4.98 Å². The van der Waals surface area contributed by atoms with Crippen LogP contribution in [-0.2, 0) is 0 Å². The molecule has 0 aliphatic carbocycles. The summed E-state index contributed by atoms with van der Waals surface area (Å²) in [7, 11) is 1.62. The van der Waals surface area contributed by atoms with E-state index < -0.39 is 0 Å². The minimum absolute atomic E-state index is 0.0512. The third-order valence-corrected chi connectivity index (χ3v) is 3.26. The number of rotatable bonds is 4. The first-order valence-corrected chi connectivity index (χ1v) is 6.62. The summed E-state index contributed by atoms with van der Waals surface area (Å²) in [4.78, 5) is 4.17. The highest BCUT2D eigenvalue weighted by atomic mass is 79.9. The number of hydrogen-bond donors (Lipinski definition) is 1. The molecular weight excluding hydrogens is 308 g/mol. The van der Waals surface area contributed by atoms with E-state index in [2.05, 4.69) is 20.9 Å². The van der Waals surface area contributed by atoms with Crippen molar-refractivity contribution in [2.75, 3.05) is 7.11 Å². The summed E-state index contributed by atoms with van der Waals surface area (Å²) in [6.07, 6.45) is 1.69. The van der Waals surface area contributed by atoms with E-state index in [9.17, 15) is 0 Å². The summed E-state index contributed by atoms with van der Waals surface area (Å²) in [6, 6.07) is 9.15. The van der Waals surface area contributed by atoms with Crippen LogP contribution in [0.4, 0.5) is 0 Å². The van der Waals surface area contributed by atoms with Gasteiger partial charge in [-0.05, 0) is 52.7 Å². The molecule has 0 fully saturated rings. The molecule has 0 saturated carbocycles. The zero-order chi connectivity index (χ0) is 13.8. The van der Waals surface area contributed by atoms with Gasteiger partial charge in [0.25, 0.3) is 0 Å². The molecule has 1 atom stereocenters. The van der Waals surface area contributed by atoms with Gasteiger partial charge in [-0.15, -0.1) is 0 Å². The van der Waals surface area contributed by atoms with Gasteiger partial charge in [0, 0.05) is 18.3 Å². The maximum absolute atomic E-state index is 5.83. The predicted molar refractivity (Wildman–Crippen MR) is 77.6 cm³/mol. The highest BCUT2D eigenvalue weighted by Gasteiger charge is 2.07. The van der Waals surface area contributed by atoms with Crippen LogP contribution in [0.15, 0.2) is 41.0 Å². The third kappa shape index (κ3) is 3.45. The van der Waals surface area contributed by atoms with Crippen LogP contribution in [0.1, 0.15) is 18.5 Å². The fraction of sp³-hybridized carbons (Fsp3) is 0.214. The van der Waals surface area contributed by atoms with Crippen molar-refractivity contribution in [2.24, 2.45) is 5.73 Å². The zero-order valence-corrected chi connectivity index (χ0v) is 12.3. The number of methoxy groups -OCH3 is 1. The van der Waals surface area contributed by atoms with Crippen LogP contribution in [-0.4, -0.2) is 12.1 Å². The van der Waals surface area contributed by atoms with E-state index in [0.29, 0.717) is 11.6 Å². The first-order chi connectivity index (χ1) is 9.10. The Labute approximate surface area is 120 Å². The highest BCUT2D eigenvalue weighted by Crippen LogP contribution is 2.32. The summed E-state index contributed by atoms with van der Waals surface area (Å²) < 4.78 is 11.7. The Morgan fingerprint density at radius 1 is 1.26 bits per heavy atom. The molecule has 0 radical (unpaired) electrons. The normalized spacial score (nSPS) is 12.0. The maximum Gasteiger partial charge on any atom is 0.219 e. The molecule has 0 saturated heterocycles. The third-order valence-electron chi connectivity index (χ3n) is 2.64. The van der Waals surface area contributed by atoms with Gasteiger partial charge in [0.2, 0.25) is 5.88 Å². The maximum atomic E-state index is 5.83. The lowest BCUT2D eigenvalue weighted by Crippen LogP contribution is -2.05. The van der Waals surface area contributed by atoms with E-state index in [4.69, 9.17) is 15.2 Å². The topological polar surface area (TPSA) is 57.4 Å². The van der Waals surface area contributed by atoms with E-state index in [1.54, 1.807) is 13.3 Å². The van der Waals surface area contributed by atoms with E-state index in [1.165, 1.54) is 0 Å². The van der Waals surface area contributed by atoms with Crippen LogP contribution in [0.2, 0.25) is 0 Å². The lowest BCUT2D eigenvalue weighted by atomic mass is 10.1. The van der Waals surface area contributed by atoms with Crippen molar-refractivity contribution in [3.63, 3.8) is 0 Å². The molecule has 0 aliphatic rings. The molecular formula is C14H15BrN2O2. The van der Waals surface area contributed by atoms with E-state index in [-0.39, 0.29) is 6.04 Å². The monoisotopic (exact) mass is 322 g/mol. The Balaban J connectivity index is 2.23. The van der Waals surface area contributed by atoms with Gasteiger partial charge in [-0.3, -0.25) is 0 Å². The van der Waals surface area contributed by atoms with Gasteiger partial charge in [0.15, 0.2) is 0 Å². The second-order valence-electron chi connectivity index (χ2n) is 4.11. The Kier molecular flexibility index (Phi) is 4.39. The molecule has 0 aliphatic heterocycles. The average Bonchev–Trinajstić information content (AvgIpc) is 2.41. The van der Waals surface area contributed by atoms with Crippen molar-refractivity contribution in [3.05, 3.63) is 46.6 Å². The number of nitrogens with zero attached hydrogens (tertiary/aromatic N) is 1. The van der Waals surface area contributed by atoms with Gasteiger partial charge in [0.05, 0.1) is 11.6 Å². The summed E-state index contributed by atoms with van der Waals surface area (Å²) in [5, 5.41) is 0. The molecule has 0 amide bonds. The van der Waals surface area contributed by atoms with Gasteiger partial charge in [-0.1, -0.05) is 0 Å². The van der Waals surface area contributed by atoms with E-state index in [0.717, 1.165) is 15.8 Å². The molecule has 0 spiro atoms. The smallest absolute Gasteiger partial charge is 0.219 e. The Hall–Kier alpha value is -1.59. The number of nitrogens with two attached hydrogens (primary N) is 1. The summed E-state index contributed by atoms with van der Waals surface area (Å²) >= 11 is 3.44. The van der Waals surface area contributed by atoms with Gasteiger partial charge in [-0.25, -0.2) is 4.98 Å². The largest absolute Gasteiger partial charge is 0.497 e. The lowest BCUT2D eigenvalue weighted by molar-refractivity contribution is 0.411. The molecule has 1 aromatic carbocycles. The lowest BCUT2D eigenvalue weighted by Gasteiger charge is -2.10. The fourth-order valence-corrected chi connectivity index (χ4v) is 2.01. The molecule has 5 heteroatoms. The molecule has 1 heterocycles. The second kappa shape index (κ2) is 6.04. The Bertz CT molecular complexity index is 573. The number of benzene rings is 1. The standard InChI is InChI=1S/C14H15BrN2O2/c1-9(16)10-5-6-17-14(7-10)19-13-4-3-11(18-2)8-12(13)15/h3-9H,16H2,1-2H3/t9-/m0/s1. The number of ether oxygens (including phenoxy) is 2. The average molecular weight is 323 g/mol. The molecule has 100 valence electrons. The fourth-order valence-electron chi connectivity index (χ4n) is 1.57. The van der Waals surface area contributed by atoms with E-state index >= 15 is 0 Å². The second-order valence-corrected chi connectivity index (χ2v) is 4.97. The molecule has 2 rings (SSSR count). The molecule has 19 heavy (non-hydrogen) atoms. The first-order valence-electron chi connectivity index (χ1n) is 5.83. The number of halogens is 1. The molecule has 2 aromatic rings. The minimum atomic E-state index is -0.0512. The number of pyridine rings is 1. The summed E-state index contributed by atoms with van der Waals surface area (Å²) in [5.41, 5.74) is 6.82. The Morgan fingerprint density at radius 3 is 2.68 bits per heavy atom. The first kappa shape index (κ1) is 13.8. The minimum Gasteiger partial charge on any atom is -0.497 e.